The fourth-order valence-electron chi connectivity index (χ4n) is 1.65. The van der Waals surface area contributed by atoms with Crippen LogP contribution in [0.5, 0.6) is 0 Å². The van der Waals surface area contributed by atoms with Crippen molar-refractivity contribution in [1.82, 2.24) is 4.57 Å². The van der Waals surface area contributed by atoms with Crippen molar-refractivity contribution in [2.75, 3.05) is 0 Å². The quantitative estimate of drug-likeness (QED) is 0.731. The molecule has 0 aliphatic heterocycles. The molecule has 0 bridgehead atoms. The lowest BCUT2D eigenvalue weighted by Crippen LogP contribution is -2.18. The van der Waals surface area contributed by atoms with E-state index < -0.39 is 12.7 Å². The standard InChI is InChI=1S/C11H7F3N2/c12-11(13,14)7-16-9(6-15)5-8-3-1-2-4-10(8)16/h1-5H,7H2. The van der Waals surface area contributed by atoms with Crippen molar-refractivity contribution in [3.8, 4) is 6.07 Å². The number of aromatic nitrogens is 1. The maximum atomic E-state index is 12.3. The van der Waals surface area contributed by atoms with Gasteiger partial charge in [0.05, 0.1) is 0 Å². The highest BCUT2D eigenvalue weighted by molar-refractivity contribution is 5.82. The third-order valence-electron chi connectivity index (χ3n) is 2.26. The van der Waals surface area contributed by atoms with Gasteiger partial charge < -0.3 is 4.57 Å². The Morgan fingerprint density at radius 2 is 1.94 bits per heavy atom. The van der Waals surface area contributed by atoms with Gasteiger partial charge in [-0.3, -0.25) is 0 Å². The van der Waals surface area contributed by atoms with E-state index in [4.69, 9.17) is 5.26 Å². The Morgan fingerprint density at radius 1 is 1.25 bits per heavy atom. The van der Waals surface area contributed by atoms with Crippen LogP contribution in [0.25, 0.3) is 10.9 Å². The highest BCUT2D eigenvalue weighted by atomic mass is 19.4. The van der Waals surface area contributed by atoms with Gasteiger partial charge >= 0.3 is 6.18 Å². The normalized spacial score (nSPS) is 11.6. The highest BCUT2D eigenvalue weighted by Gasteiger charge is 2.29. The molecule has 0 fully saturated rings. The van der Waals surface area contributed by atoms with Gasteiger partial charge in [0.1, 0.15) is 18.3 Å². The predicted octanol–water partition coefficient (Wildman–Crippen LogP) is 3.08. The zero-order valence-electron chi connectivity index (χ0n) is 8.12. The topological polar surface area (TPSA) is 28.7 Å². The number of halogens is 3. The molecule has 1 heterocycles. The first-order valence-corrected chi connectivity index (χ1v) is 4.56. The van der Waals surface area contributed by atoms with E-state index in [1.165, 1.54) is 6.07 Å². The van der Waals surface area contributed by atoms with E-state index in [1.54, 1.807) is 30.3 Å². The molecule has 2 aromatic rings. The molecule has 0 spiro atoms. The van der Waals surface area contributed by atoms with Crippen molar-refractivity contribution in [3.05, 3.63) is 36.0 Å². The van der Waals surface area contributed by atoms with Crippen molar-refractivity contribution in [2.45, 2.75) is 12.7 Å². The van der Waals surface area contributed by atoms with Crippen molar-refractivity contribution >= 4 is 10.9 Å². The number of benzene rings is 1. The highest BCUT2D eigenvalue weighted by Crippen LogP contribution is 2.25. The summed E-state index contributed by atoms with van der Waals surface area (Å²) in [4.78, 5) is 0. The van der Waals surface area contributed by atoms with Crippen LogP contribution in [0.2, 0.25) is 0 Å². The Kier molecular flexibility index (Phi) is 2.35. The number of nitriles is 1. The molecule has 0 N–H and O–H groups in total. The van der Waals surface area contributed by atoms with Gasteiger partial charge in [-0.15, -0.1) is 0 Å². The lowest BCUT2D eigenvalue weighted by Gasteiger charge is -2.09. The average Bonchev–Trinajstić information content (AvgIpc) is 2.55. The second-order valence-corrected chi connectivity index (χ2v) is 3.40. The Morgan fingerprint density at radius 3 is 2.56 bits per heavy atom. The molecule has 82 valence electrons. The fourth-order valence-corrected chi connectivity index (χ4v) is 1.65. The molecule has 0 amide bonds. The summed E-state index contributed by atoms with van der Waals surface area (Å²) in [5.41, 5.74) is 0.454. The molecule has 16 heavy (non-hydrogen) atoms. The molecular weight excluding hydrogens is 217 g/mol. The van der Waals surface area contributed by atoms with Crippen LogP contribution in [0.3, 0.4) is 0 Å². The van der Waals surface area contributed by atoms with Gasteiger partial charge in [0.25, 0.3) is 0 Å². The van der Waals surface area contributed by atoms with Crippen LogP contribution in [0, 0.1) is 11.3 Å². The van der Waals surface area contributed by atoms with E-state index in [9.17, 15) is 13.2 Å². The number of rotatable bonds is 1. The maximum absolute atomic E-state index is 12.3. The van der Waals surface area contributed by atoms with Gasteiger partial charge in [-0.1, -0.05) is 18.2 Å². The monoisotopic (exact) mass is 224 g/mol. The predicted molar refractivity (Wildman–Crippen MR) is 52.7 cm³/mol. The van der Waals surface area contributed by atoms with Crippen LogP contribution in [-0.4, -0.2) is 10.7 Å². The molecule has 0 unspecified atom stereocenters. The van der Waals surface area contributed by atoms with Crippen molar-refractivity contribution in [2.24, 2.45) is 0 Å². The minimum Gasteiger partial charge on any atom is -0.323 e. The summed E-state index contributed by atoms with van der Waals surface area (Å²) in [6.07, 6.45) is -4.33. The first kappa shape index (κ1) is 10.6. The van der Waals surface area contributed by atoms with Crippen LogP contribution in [0.4, 0.5) is 13.2 Å². The number of para-hydroxylation sites is 1. The van der Waals surface area contributed by atoms with Gasteiger partial charge in [-0.05, 0) is 12.1 Å². The van der Waals surface area contributed by atoms with Crippen LogP contribution in [0.1, 0.15) is 5.69 Å². The van der Waals surface area contributed by atoms with Crippen LogP contribution >= 0.6 is 0 Å². The zero-order valence-corrected chi connectivity index (χ0v) is 8.12. The minimum atomic E-state index is -4.33. The lowest BCUT2D eigenvalue weighted by molar-refractivity contribution is -0.140. The maximum Gasteiger partial charge on any atom is 0.406 e. The van der Waals surface area contributed by atoms with Gasteiger partial charge in [-0.2, -0.15) is 18.4 Å². The third-order valence-corrected chi connectivity index (χ3v) is 2.26. The summed E-state index contributed by atoms with van der Waals surface area (Å²) in [6.45, 7) is -1.14. The largest absolute Gasteiger partial charge is 0.406 e. The molecule has 5 heteroatoms. The second kappa shape index (κ2) is 3.56. The smallest absolute Gasteiger partial charge is 0.323 e. The van der Waals surface area contributed by atoms with Crippen LogP contribution < -0.4 is 0 Å². The Hall–Kier alpha value is -1.96. The van der Waals surface area contributed by atoms with Crippen molar-refractivity contribution in [1.29, 1.82) is 5.26 Å². The fraction of sp³-hybridized carbons (Fsp3) is 0.182. The second-order valence-electron chi connectivity index (χ2n) is 3.40. The molecule has 1 aromatic heterocycles. The van der Waals surface area contributed by atoms with E-state index in [0.29, 0.717) is 10.9 Å². The summed E-state index contributed by atoms with van der Waals surface area (Å²) >= 11 is 0. The van der Waals surface area contributed by atoms with E-state index in [1.807, 2.05) is 0 Å². The summed E-state index contributed by atoms with van der Waals surface area (Å²) in [7, 11) is 0. The van der Waals surface area contributed by atoms with E-state index in [2.05, 4.69) is 0 Å². The number of hydrogen-bond acceptors (Lipinski definition) is 1. The number of nitrogens with zero attached hydrogens (tertiary/aromatic N) is 2. The molecule has 0 radical (unpaired) electrons. The molecule has 2 rings (SSSR count). The van der Waals surface area contributed by atoms with Gasteiger partial charge in [-0.25, -0.2) is 0 Å². The molecule has 0 aliphatic carbocycles. The number of alkyl halides is 3. The molecule has 0 saturated heterocycles. The lowest BCUT2D eigenvalue weighted by atomic mass is 10.2. The first-order chi connectivity index (χ1) is 7.51. The van der Waals surface area contributed by atoms with Gasteiger partial charge in [0.2, 0.25) is 0 Å². The van der Waals surface area contributed by atoms with Gasteiger partial charge in [0.15, 0.2) is 0 Å². The number of fused-ring (bicyclic) bond motifs is 1. The SMILES string of the molecule is N#Cc1cc2ccccc2n1CC(F)(F)F. The Balaban J connectivity index is 2.62. The summed E-state index contributed by atoms with van der Waals surface area (Å²) in [5, 5.41) is 9.42. The van der Waals surface area contributed by atoms with E-state index >= 15 is 0 Å². The van der Waals surface area contributed by atoms with E-state index in [-0.39, 0.29) is 5.69 Å². The van der Waals surface area contributed by atoms with Crippen molar-refractivity contribution < 1.29 is 13.2 Å². The molecule has 0 atom stereocenters. The van der Waals surface area contributed by atoms with Gasteiger partial charge in [0, 0.05) is 10.9 Å². The van der Waals surface area contributed by atoms with Crippen molar-refractivity contribution in [3.63, 3.8) is 0 Å². The first-order valence-electron chi connectivity index (χ1n) is 4.56. The average molecular weight is 224 g/mol. The minimum absolute atomic E-state index is 0.0264. The summed E-state index contributed by atoms with van der Waals surface area (Å²) < 4.78 is 38.0. The number of hydrogen-bond donors (Lipinski definition) is 0. The molecular formula is C11H7F3N2. The molecule has 0 saturated carbocycles. The molecule has 2 nitrogen and oxygen atoms in total. The van der Waals surface area contributed by atoms with Crippen LogP contribution in [0.15, 0.2) is 30.3 Å². The Labute approximate surface area is 89.5 Å². The molecule has 0 aliphatic rings. The summed E-state index contributed by atoms with van der Waals surface area (Å²) in [5.74, 6) is 0. The van der Waals surface area contributed by atoms with Crippen LogP contribution in [-0.2, 0) is 6.54 Å². The summed E-state index contributed by atoms with van der Waals surface area (Å²) in [6, 6.07) is 9.86. The molecule has 1 aromatic carbocycles. The third kappa shape index (κ3) is 1.87. The zero-order chi connectivity index (χ0) is 11.8. The Bertz CT molecular complexity index is 561. The van der Waals surface area contributed by atoms with E-state index in [0.717, 1.165) is 4.57 Å².